The molecule has 0 saturated carbocycles. The SMILES string of the molecule is CC1CNCCN1C(=O)Cn1cccn1. The fourth-order valence-electron chi connectivity index (χ4n) is 1.83. The first kappa shape index (κ1) is 10.2. The first-order valence-corrected chi connectivity index (χ1v) is 5.25. The van der Waals surface area contributed by atoms with E-state index in [4.69, 9.17) is 0 Å². The van der Waals surface area contributed by atoms with Gasteiger partial charge in [0.25, 0.3) is 0 Å². The van der Waals surface area contributed by atoms with Crippen LogP contribution in [0, 0.1) is 0 Å². The lowest BCUT2D eigenvalue weighted by Gasteiger charge is -2.33. The number of piperazine rings is 1. The highest BCUT2D eigenvalue weighted by molar-refractivity contribution is 5.76. The van der Waals surface area contributed by atoms with Crippen LogP contribution in [-0.4, -0.2) is 46.3 Å². The number of aromatic nitrogens is 2. The van der Waals surface area contributed by atoms with E-state index in [0.717, 1.165) is 19.6 Å². The van der Waals surface area contributed by atoms with Crippen LogP contribution in [0.1, 0.15) is 6.92 Å². The second kappa shape index (κ2) is 4.44. The van der Waals surface area contributed by atoms with E-state index >= 15 is 0 Å². The molecular weight excluding hydrogens is 192 g/mol. The van der Waals surface area contributed by atoms with Crippen molar-refractivity contribution >= 4 is 5.91 Å². The van der Waals surface area contributed by atoms with E-state index in [9.17, 15) is 4.79 Å². The van der Waals surface area contributed by atoms with E-state index in [-0.39, 0.29) is 11.9 Å². The van der Waals surface area contributed by atoms with Crippen LogP contribution in [0.4, 0.5) is 0 Å². The Balaban J connectivity index is 1.95. The van der Waals surface area contributed by atoms with Crippen molar-refractivity contribution in [3.8, 4) is 0 Å². The molecule has 82 valence electrons. The molecule has 1 amide bonds. The normalized spacial score (nSPS) is 21.7. The zero-order chi connectivity index (χ0) is 10.7. The minimum atomic E-state index is 0.146. The number of hydrogen-bond acceptors (Lipinski definition) is 3. The number of carbonyl (C=O) groups excluding carboxylic acids is 1. The van der Waals surface area contributed by atoms with Gasteiger partial charge in [0.2, 0.25) is 5.91 Å². The van der Waals surface area contributed by atoms with Gasteiger partial charge >= 0.3 is 0 Å². The molecule has 1 aliphatic rings. The molecule has 15 heavy (non-hydrogen) atoms. The standard InChI is InChI=1S/C10H16N4O/c1-9-7-11-4-6-14(9)10(15)8-13-5-2-3-12-13/h2-3,5,9,11H,4,6-8H2,1H3. The van der Waals surface area contributed by atoms with Gasteiger partial charge in [-0.3, -0.25) is 9.48 Å². The van der Waals surface area contributed by atoms with Crippen LogP contribution < -0.4 is 5.32 Å². The maximum Gasteiger partial charge on any atom is 0.244 e. The Morgan fingerprint density at radius 2 is 2.53 bits per heavy atom. The molecule has 2 heterocycles. The Hall–Kier alpha value is -1.36. The van der Waals surface area contributed by atoms with Gasteiger partial charge in [-0.1, -0.05) is 0 Å². The molecule has 1 aromatic heterocycles. The predicted octanol–water partition coefficient (Wildman–Crippen LogP) is -0.297. The summed E-state index contributed by atoms with van der Waals surface area (Å²) < 4.78 is 1.66. The van der Waals surface area contributed by atoms with E-state index < -0.39 is 0 Å². The lowest BCUT2D eigenvalue weighted by molar-refractivity contribution is -0.134. The summed E-state index contributed by atoms with van der Waals surface area (Å²) in [6.45, 7) is 4.96. The molecule has 2 rings (SSSR count). The lowest BCUT2D eigenvalue weighted by Crippen LogP contribution is -2.53. The van der Waals surface area contributed by atoms with Crippen molar-refractivity contribution in [2.24, 2.45) is 0 Å². The van der Waals surface area contributed by atoms with E-state index in [1.54, 1.807) is 10.9 Å². The van der Waals surface area contributed by atoms with E-state index in [0.29, 0.717) is 6.54 Å². The summed E-state index contributed by atoms with van der Waals surface area (Å²) in [5, 5.41) is 7.29. The van der Waals surface area contributed by atoms with Crippen molar-refractivity contribution in [2.45, 2.75) is 19.5 Å². The van der Waals surface area contributed by atoms with Crippen molar-refractivity contribution in [1.29, 1.82) is 0 Å². The number of hydrogen-bond donors (Lipinski definition) is 1. The van der Waals surface area contributed by atoms with Gasteiger partial charge in [-0.25, -0.2) is 0 Å². The predicted molar refractivity (Wildman–Crippen MR) is 56.3 cm³/mol. The second-order valence-corrected chi connectivity index (χ2v) is 3.84. The summed E-state index contributed by atoms with van der Waals surface area (Å²) in [6.07, 6.45) is 3.50. The highest BCUT2D eigenvalue weighted by Gasteiger charge is 2.22. The summed E-state index contributed by atoms with van der Waals surface area (Å²) in [5.74, 6) is 0.146. The molecule has 1 unspecified atom stereocenters. The van der Waals surface area contributed by atoms with Crippen molar-refractivity contribution in [2.75, 3.05) is 19.6 Å². The van der Waals surface area contributed by atoms with Crippen LogP contribution in [0.5, 0.6) is 0 Å². The number of amides is 1. The third-order valence-electron chi connectivity index (χ3n) is 2.68. The second-order valence-electron chi connectivity index (χ2n) is 3.84. The smallest absolute Gasteiger partial charge is 0.244 e. The highest BCUT2D eigenvalue weighted by Crippen LogP contribution is 2.03. The molecule has 0 aromatic carbocycles. The summed E-state index contributed by atoms with van der Waals surface area (Å²) in [6, 6.07) is 2.11. The van der Waals surface area contributed by atoms with Crippen LogP contribution in [0.3, 0.4) is 0 Å². The van der Waals surface area contributed by atoms with Crippen LogP contribution in [0.2, 0.25) is 0 Å². The van der Waals surface area contributed by atoms with Crippen LogP contribution >= 0.6 is 0 Å². The van der Waals surface area contributed by atoms with Gasteiger partial charge in [-0.2, -0.15) is 5.10 Å². The Bertz CT molecular complexity index is 322. The summed E-state index contributed by atoms with van der Waals surface area (Å²) in [5.41, 5.74) is 0. The number of carbonyl (C=O) groups is 1. The molecule has 0 radical (unpaired) electrons. The van der Waals surface area contributed by atoms with Gasteiger partial charge in [0.1, 0.15) is 6.54 Å². The third kappa shape index (κ3) is 2.36. The van der Waals surface area contributed by atoms with Crippen molar-refractivity contribution in [3.63, 3.8) is 0 Å². The van der Waals surface area contributed by atoms with Crippen molar-refractivity contribution < 1.29 is 4.79 Å². The van der Waals surface area contributed by atoms with E-state index in [2.05, 4.69) is 17.3 Å². The van der Waals surface area contributed by atoms with Crippen molar-refractivity contribution in [1.82, 2.24) is 20.0 Å². The van der Waals surface area contributed by atoms with Gasteiger partial charge < -0.3 is 10.2 Å². The summed E-state index contributed by atoms with van der Waals surface area (Å²) in [7, 11) is 0. The maximum absolute atomic E-state index is 11.9. The fraction of sp³-hybridized carbons (Fsp3) is 0.600. The zero-order valence-electron chi connectivity index (χ0n) is 8.89. The first-order valence-electron chi connectivity index (χ1n) is 5.25. The molecule has 5 heteroatoms. The average Bonchev–Trinajstić information content (AvgIpc) is 2.71. The molecule has 1 atom stereocenters. The summed E-state index contributed by atoms with van der Waals surface area (Å²) in [4.78, 5) is 13.8. The zero-order valence-corrected chi connectivity index (χ0v) is 8.89. The van der Waals surface area contributed by atoms with Gasteiger partial charge in [0, 0.05) is 38.1 Å². The largest absolute Gasteiger partial charge is 0.336 e. The quantitative estimate of drug-likeness (QED) is 0.726. The van der Waals surface area contributed by atoms with Crippen LogP contribution in [0.25, 0.3) is 0 Å². The molecule has 1 fully saturated rings. The van der Waals surface area contributed by atoms with Gasteiger partial charge in [-0.15, -0.1) is 0 Å². The Labute approximate surface area is 89.1 Å². The van der Waals surface area contributed by atoms with Gasteiger partial charge in [0.05, 0.1) is 0 Å². The first-order chi connectivity index (χ1) is 7.27. The molecule has 0 aliphatic carbocycles. The Morgan fingerprint density at radius 1 is 1.67 bits per heavy atom. The molecule has 0 spiro atoms. The minimum absolute atomic E-state index is 0.146. The average molecular weight is 208 g/mol. The Kier molecular flexibility index (Phi) is 3.01. The monoisotopic (exact) mass is 208 g/mol. The Morgan fingerprint density at radius 3 is 3.20 bits per heavy atom. The molecular formula is C10H16N4O. The fourth-order valence-corrected chi connectivity index (χ4v) is 1.83. The van der Waals surface area contributed by atoms with E-state index in [1.807, 2.05) is 17.2 Å². The topological polar surface area (TPSA) is 50.2 Å². The van der Waals surface area contributed by atoms with Gasteiger partial charge in [-0.05, 0) is 13.0 Å². The van der Waals surface area contributed by atoms with Crippen molar-refractivity contribution in [3.05, 3.63) is 18.5 Å². The summed E-state index contributed by atoms with van der Waals surface area (Å²) >= 11 is 0. The number of rotatable bonds is 2. The molecule has 1 aromatic rings. The molecule has 1 saturated heterocycles. The molecule has 0 bridgehead atoms. The van der Waals surface area contributed by atoms with Crippen LogP contribution in [-0.2, 0) is 11.3 Å². The van der Waals surface area contributed by atoms with Gasteiger partial charge in [0.15, 0.2) is 0 Å². The molecule has 5 nitrogen and oxygen atoms in total. The maximum atomic E-state index is 11.9. The lowest BCUT2D eigenvalue weighted by atomic mass is 10.2. The number of nitrogens with zero attached hydrogens (tertiary/aromatic N) is 3. The van der Waals surface area contributed by atoms with Crippen LogP contribution in [0.15, 0.2) is 18.5 Å². The molecule has 1 N–H and O–H groups in total. The number of nitrogens with one attached hydrogen (secondary N) is 1. The third-order valence-corrected chi connectivity index (χ3v) is 2.68. The minimum Gasteiger partial charge on any atom is -0.336 e. The highest BCUT2D eigenvalue weighted by atomic mass is 16.2. The molecule has 1 aliphatic heterocycles. The van der Waals surface area contributed by atoms with E-state index in [1.165, 1.54) is 0 Å².